The maximum Gasteiger partial charge on any atom is 0.411 e. The Morgan fingerprint density at radius 3 is 2.65 bits per heavy atom. The Kier molecular flexibility index (Phi) is 8.29. The number of nitrogens with one attached hydrogen (secondary N) is 2. The van der Waals surface area contributed by atoms with Gasteiger partial charge in [-0.1, -0.05) is 6.07 Å². The highest BCUT2D eigenvalue weighted by atomic mass is 16.5. The van der Waals surface area contributed by atoms with Gasteiger partial charge >= 0.3 is 6.09 Å². The van der Waals surface area contributed by atoms with Crippen molar-refractivity contribution in [1.82, 2.24) is 14.5 Å². The second-order valence-electron chi connectivity index (χ2n) is 9.15. The molecule has 2 aromatic carbocycles. The number of aromatic nitrogens is 2. The molecule has 0 aliphatic carbocycles. The van der Waals surface area contributed by atoms with Gasteiger partial charge in [0.1, 0.15) is 29.9 Å². The molecule has 1 fully saturated rings. The Morgan fingerprint density at radius 2 is 1.90 bits per heavy atom. The number of rotatable bonds is 9. The van der Waals surface area contributed by atoms with Gasteiger partial charge in [-0.3, -0.25) is 10.2 Å². The lowest BCUT2D eigenvalue weighted by Crippen LogP contribution is -2.38. The molecule has 2 aromatic heterocycles. The molecule has 0 saturated carbocycles. The molecule has 4 aromatic rings. The number of benzene rings is 2. The topological polar surface area (TPSA) is 122 Å². The molecule has 0 radical (unpaired) electrons. The first-order valence-corrected chi connectivity index (χ1v) is 12.9. The number of aryl methyl sites for hydroxylation is 1. The molecule has 0 unspecified atom stereocenters. The molecule has 1 amide bonds. The fourth-order valence-corrected chi connectivity index (χ4v) is 4.42. The molecule has 0 atom stereocenters. The zero-order chi connectivity index (χ0) is 27.9. The number of methoxy groups -OCH3 is 1. The van der Waals surface area contributed by atoms with Gasteiger partial charge in [0.05, 0.1) is 55.2 Å². The number of anilines is 3. The number of amides is 1. The van der Waals surface area contributed by atoms with Crippen LogP contribution in [0.25, 0.3) is 5.52 Å². The largest absolute Gasteiger partial charge is 0.497 e. The number of nitriles is 1. The van der Waals surface area contributed by atoms with E-state index in [1.807, 2.05) is 49.4 Å². The van der Waals surface area contributed by atoms with Crippen LogP contribution in [0.15, 0.2) is 60.9 Å². The van der Waals surface area contributed by atoms with Crippen LogP contribution in [-0.2, 0) is 9.47 Å². The molecule has 40 heavy (non-hydrogen) atoms. The van der Waals surface area contributed by atoms with E-state index >= 15 is 0 Å². The van der Waals surface area contributed by atoms with Crippen molar-refractivity contribution in [2.45, 2.75) is 6.92 Å². The first-order valence-electron chi connectivity index (χ1n) is 12.9. The minimum Gasteiger partial charge on any atom is -0.497 e. The van der Waals surface area contributed by atoms with Crippen molar-refractivity contribution < 1.29 is 23.7 Å². The summed E-state index contributed by atoms with van der Waals surface area (Å²) in [6, 6.07) is 16.9. The Balaban J connectivity index is 1.29. The van der Waals surface area contributed by atoms with Crippen molar-refractivity contribution in [3.63, 3.8) is 0 Å². The molecular formula is C29H30N6O5. The average molecular weight is 543 g/mol. The minimum atomic E-state index is -0.547. The van der Waals surface area contributed by atoms with E-state index in [4.69, 9.17) is 18.9 Å². The number of fused-ring (bicyclic) bond motifs is 1. The molecule has 2 N–H and O–H groups in total. The maximum absolute atomic E-state index is 12.5. The van der Waals surface area contributed by atoms with E-state index in [-0.39, 0.29) is 6.61 Å². The Labute approximate surface area is 231 Å². The number of carbonyl (C=O) groups excluding carboxylic acids is 1. The highest BCUT2D eigenvalue weighted by molar-refractivity contribution is 5.92. The smallest absolute Gasteiger partial charge is 0.411 e. The highest BCUT2D eigenvalue weighted by Crippen LogP contribution is 2.33. The number of carbonyl (C=O) groups is 1. The second kappa shape index (κ2) is 12.4. The van der Waals surface area contributed by atoms with Gasteiger partial charge in [0, 0.05) is 37.0 Å². The van der Waals surface area contributed by atoms with Crippen molar-refractivity contribution in [3.8, 4) is 23.3 Å². The van der Waals surface area contributed by atoms with E-state index < -0.39 is 6.09 Å². The molecule has 0 spiro atoms. The van der Waals surface area contributed by atoms with Gasteiger partial charge in [-0.15, -0.1) is 0 Å². The van der Waals surface area contributed by atoms with Crippen LogP contribution in [0.3, 0.4) is 0 Å². The summed E-state index contributed by atoms with van der Waals surface area (Å²) in [4.78, 5) is 14.7. The summed E-state index contributed by atoms with van der Waals surface area (Å²) in [5.74, 6) is 2.02. The maximum atomic E-state index is 12.5. The lowest BCUT2D eigenvalue weighted by atomic mass is 10.1. The van der Waals surface area contributed by atoms with Crippen molar-refractivity contribution >= 4 is 28.7 Å². The molecule has 5 rings (SSSR count). The summed E-state index contributed by atoms with van der Waals surface area (Å²) in [6.07, 6.45) is 2.64. The molecule has 3 heterocycles. The number of hydrogen-bond donors (Lipinski definition) is 2. The predicted octanol–water partition coefficient (Wildman–Crippen LogP) is 4.94. The van der Waals surface area contributed by atoms with Gasteiger partial charge in [-0.25, -0.2) is 9.31 Å². The Hall–Kier alpha value is -4.79. The summed E-state index contributed by atoms with van der Waals surface area (Å²) >= 11 is 0. The fraction of sp³-hybridized carbons (Fsp3) is 0.276. The minimum absolute atomic E-state index is 0.277. The van der Waals surface area contributed by atoms with Gasteiger partial charge in [0.2, 0.25) is 0 Å². The second-order valence-corrected chi connectivity index (χ2v) is 9.15. The number of ether oxygens (including phenoxy) is 4. The van der Waals surface area contributed by atoms with Crippen LogP contribution in [0, 0.1) is 18.3 Å². The molecular weight excluding hydrogens is 512 g/mol. The quantitative estimate of drug-likeness (QED) is 0.303. The van der Waals surface area contributed by atoms with Crippen LogP contribution in [0.4, 0.5) is 21.9 Å². The zero-order valence-electron chi connectivity index (χ0n) is 22.3. The first-order chi connectivity index (χ1) is 19.5. The molecule has 1 aliphatic rings. The van der Waals surface area contributed by atoms with Gasteiger partial charge in [-0.05, 0) is 43.3 Å². The van der Waals surface area contributed by atoms with Crippen molar-refractivity contribution in [3.05, 3.63) is 72.1 Å². The van der Waals surface area contributed by atoms with Gasteiger partial charge in [0.15, 0.2) is 0 Å². The lowest BCUT2D eigenvalue weighted by molar-refractivity contribution is 0.0290. The SMILES string of the molecule is COc1cccc(Oc2ccc(Nc3c(C#N)cnn4cc(NC(=O)OCCN5CCOCC5)c(C)c34)cc2)c1. The van der Waals surface area contributed by atoms with Gasteiger partial charge in [0.25, 0.3) is 0 Å². The standard InChI is InChI=1S/C29H30N6O5/c1-20-26(33-29(36)39-15-12-34-10-13-38-14-11-34)19-35-28(20)27(21(17-30)18-31-35)32-22-6-8-23(9-7-22)40-25-5-3-4-24(16-25)37-2/h3-9,16,18-19,32H,10-15H2,1-2H3,(H,33,36). The van der Waals surface area contributed by atoms with Crippen LogP contribution in [0.1, 0.15) is 11.1 Å². The predicted molar refractivity (Wildman–Crippen MR) is 150 cm³/mol. The number of nitrogens with zero attached hydrogens (tertiary/aromatic N) is 4. The normalized spacial score (nSPS) is 13.4. The summed E-state index contributed by atoms with van der Waals surface area (Å²) in [6.45, 7) is 5.83. The molecule has 1 aliphatic heterocycles. The third-order valence-electron chi connectivity index (χ3n) is 6.56. The third kappa shape index (κ3) is 6.26. The van der Waals surface area contributed by atoms with Crippen LogP contribution in [-0.4, -0.2) is 67.2 Å². The summed E-state index contributed by atoms with van der Waals surface area (Å²) in [7, 11) is 1.61. The van der Waals surface area contributed by atoms with E-state index in [0.29, 0.717) is 59.5 Å². The van der Waals surface area contributed by atoms with Crippen molar-refractivity contribution in [2.24, 2.45) is 0 Å². The zero-order valence-corrected chi connectivity index (χ0v) is 22.3. The molecule has 11 heteroatoms. The van der Waals surface area contributed by atoms with Crippen LogP contribution >= 0.6 is 0 Å². The molecule has 1 saturated heterocycles. The molecule has 11 nitrogen and oxygen atoms in total. The van der Waals surface area contributed by atoms with E-state index in [1.54, 1.807) is 23.9 Å². The van der Waals surface area contributed by atoms with E-state index in [2.05, 4.69) is 26.7 Å². The van der Waals surface area contributed by atoms with Gasteiger partial charge in [-0.2, -0.15) is 10.4 Å². The summed E-state index contributed by atoms with van der Waals surface area (Å²) < 4.78 is 23.5. The van der Waals surface area contributed by atoms with Crippen LogP contribution < -0.4 is 20.1 Å². The Morgan fingerprint density at radius 1 is 1.12 bits per heavy atom. The molecule has 206 valence electrons. The molecule has 0 bridgehead atoms. The highest BCUT2D eigenvalue weighted by Gasteiger charge is 2.18. The van der Waals surface area contributed by atoms with E-state index in [0.717, 1.165) is 24.3 Å². The summed E-state index contributed by atoms with van der Waals surface area (Å²) in [5, 5.41) is 20.3. The number of hydrogen-bond acceptors (Lipinski definition) is 9. The van der Waals surface area contributed by atoms with Crippen LogP contribution in [0.5, 0.6) is 17.2 Å². The average Bonchev–Trinajstić information content (AvgIpc) is 3.29. The van der Waals surface area contributed by atoms with Crippen molar-refractivity contribution in [2.75, 3.05) is 57.2 Å². The monoisotopic (exact) mass is 542 g/mol. The van der Waals surface area contributed by atoms with E-state index in [9.17, 15) is 10.1 Å². The van der Waals surface area contributed by atoms with E-state index in [1.165, 1.54) is 6.20 Å². The lowest BCUT2D eigenvalue weighted by Gasteiger charge is -2.26. The van der Waals surface area contributed by atoms with Crippen molar-refractivity contribution in [1.29, 1.82) is 5.26 Å². The van der Waals surface area contributed by atoms with Crippen LogP contribution in [0.2, 0.25) is 0 Å². The number of morpholine rings is 1. The van der Waals surface area contributed by atoms with Gasteiger partial charge < -0.3 is 24.3 Å². The summed E-state index contributed by atoms with van der Waals surface area (Å²) in [5.41, 5.74) is 3.65. The third-order valence-corrected chi connectivity index (χ3v) is 6.56. The fourth-order valence-electron chi connectivity index (χ4n) is 4.42. The first kappa shape index (κ1) is 26.8. The Bertz CT molecular complexity index is 1520.